The Bertz CT molecular complexity index is 183. The summed E-state index contributed by atoms with van der Waals surface area (Å²) in [6.45, 7) is 7.61. The summed E-state index contributed by atoms with van der Waals surface area (Å²) in [6.07, 6.45) is 2.49. The number of hydrogen-bond donors (Lipinski definition) is 0. The molecule has 0 bridgehead atoms. The van der Waals surface area contributed by atoms with E-state index in [-0.39, 0.29) is 6.04 Å². The second-order valence-corrected chi connectivity index (χ2v) is 4.02. The number of nitrogens with zero attached hydrogens (tertiary/aromatic N) is 2. The van der Waals surface area contributed by atoms with Crippen LogP contribution in [0.15, 0.2) is 0 Å². The van der Waals surface area contributed by atoms with Crippen molar-refractivity contribution in [1.82, 2.24) is 4.90 Å². The molecule has 0 aromatic heterocycles. The van der Waals surface area contributed by atoms with Crippen LogP contribution in [0.3, 0.4) is 0 Å². The molecule has 1 rings (SSSR count). The van der Waals surface area contributed by atoms with Gasteiger partial charge in [-0.2, -0.15) is 5.26 Å². The molecule has 0 spiro atoms. The molecule has 3 unspecified atom stereocenters. The third kappa shape index (κ3) is 1.98. The summed E-state index contributed by atoms with van der Waals surface area (Å²) >= 11 is 0. The zero-order valence-electron chi connectivity index (χ0n) is 8.25. The van der Waals surface area contributed by atoms with Gasteiger partial charge in [-0.1, -0.05) is 6.92 Å². The molecule has 0 amide bonds. The van der Waals surface area contributed by atoms with Crippen LogP contribution < -0.4 is 0 Å². The van der Waals surface area contributed by atoms with Crippen molar-refractivity contribution in [3.8, 4) is 6.07 Å². The predicted molar refractivity (Wildman–Crippen MR) is 49.6 cm³/mol. The molecule has 3 atom stereocenters. The first kappa shape index (κ1) is 9.54. The van der Waals surface area contributed by atoms with E-state index < -0.39 is 0 Å². The maximum absolute atomic E-state index is 8.78. The molecule has 1 heterocycles. The third-order valence-corrected chi connectivity index (χ3v) is 2.87. The molecule has 1 aliphatic heterocycles. The van der Waals surface area contributed by atoms with Gasteiger partial charge in [0.15, 0.2) is 0 Å². The van der Waals surface area contributed by atoms with E-state index >= 15 is 0 Å². The lowest BCUT2D eigenvalue weighted by molar-refractivity contribution is 0.111. The van der Waals surface area contributed by atoms with Crippen LogP contribution in [0.1, 0.15) is 33.6 Å². The van der Waals surface area contributed by atoms with Gasteiger partial charge in [-0.15, -0.1) is 0 Å². The van der Waals surface area contributed by atoms with Gasteiger partial charge >= 0.3 is 0 Å². The largest absolute Gasteiger partial charge is 0.286 e. The summed E-state index contributed by atoms with van der Waals surface area (Å²) in [5.74, 6) is 0.835. The standard InChI is InChI=1S/C10H18N2/c1-8-4-5-12(9(2)6-8)10(3)7-11/h8-10H,4-6H2,1-3H3. The monoisotopic (exact) mass is 166 g/mol. The minimum atomic E-state index is 0.0903. The summed E-state index contributed by atoms with van der Waals surface area (Å²) in [4.78, 5) is 2.31. The van der Waals surface area contributed by atoms with E-state index in [2.05, 4.69) is 24.8 Å². The molecule has 1 saturated heterocycles. The Kier molecular flexibility index (Phi) is 3.11. The molecule has 0 N–H and O–H groups in total. The van der Waals surface area contributed by atoms with Gasteiger partial charge in [0.2, 0.25) is 0 Å². The molecule has 0 radical (unpaired) electrons. The Hall–Kier alpha value is -0.550. The van der Waals surface area contributed by atoms with Crippen LogP contribution in [0.4, 0.5) is 0 Å². The van der Waals surface area contributed by atoms with Crippen LogP contribution >= 0.6 is 0 Å². The van der Waals surface area contributed by atoms with Gasteiger partial charge in [0.25, 0.3) is 0 Å². The van der Waals surface area contributed by atoms with Crippen LogP contribution in [-0.2, 0) is 0 Å². The van der Waals surface area contributed by atoms with Crippen LogP contribution in [0.25, 0.3) is 0 Å². The fraction of sp³-hybridized carbons (Fsp3) is 0.900. The summed E-state index contributed by atoms with van der Waals surface area (Å²) in [7, 11) is 0. The Morgan fingerprint density at radius 3 is 2.67 bits per heavy atom. The highest BCUT2D eigenvalue weighted by Crippen LogP contribution is 2.23. The third-order valence-electron chi connectivity index (χ3n) is 2.87. The molecule has 1 aliphatic rings. The topological polar surface area (TPSA) is 27.0 Å². The molecule has 0 aromatic carbocycles. The smallest absolute Gasteiger partial charge is 0.0951 e. The lowest BCUT2D eigenvalue weighted by Gasteiger charge is -2.37. The second kappa shape index (κ2) is 3.91. The SMILES string of the molecule is CC1CCN(C(C)C#N)C(C)C1. The fourth-order valence-electron chi connectivity index (χ4n) is 2.07. The molecule has 0 saturated carbocycles. The van der Waals surface area contributed by atoms with Gasteiger partial charge in [0.1, 0.15) is 0 Å². The lowest BCUT2D eigenvalue weighted by atomic mass is 9.92. The first-order chi connectivity index (χ1) is 5.65. The normalized spacial score (nSPS) is 34.2. The van der Waals surface area contributed by atoms with Gasteiger partial charge < -0.3 is 0 Å². The highest BCUT2D eigenvalue weighted by atomic mass is 15.2. The number of piperidine rings is 1. The Morgan fingerprint density at radius 2 is 2.17 bits per heavy atom. The second-order valence-electron chi connectivity index (χ2n) is 4.02. The Morgan fingerprint density at radius 1 is 1.50 bits per heavy atom. The van der Waals surface area contributed by atoms with Crippen molar-refractivity contribution < 1.29 is 0 Å². The summed E-state index contributed by atoms with van der Waals surface area (Å²) in [6, 6.07) is 2.98. The van der Waals surface area contributed by atoms with E-state index in [9.17, 15) is 0 Å². The van der Waals surface area contributed by atoms with Crippen molar-refractivity contribution >= 4 is 0 Å². The van der Waals surface area contributed by atoms with Gasteiger partial charge in [0, 0.05) is 6.04 Å². The molecular weight excluding hydrogens is 148 g/mol. The molecule has 0 aromatic rings. The van der Waals surface area contributed by atoms with E-state index in [1.807, 2.05) is 6.92 Å². The zero-order valence-corrected chi connectivity index (χ0v) is 8.25. The van der Waals surface area contributed by atoms with Gasteiger partial charge in [0.05, 0.1) is 12.1 Å². The minimum absolute atomic E-state index is 0.0903. The summed E-state index contributed by atoms with van der Waals surface area (Å²) in [5.41, 5.74) is 0. The van der Waals surface area contributed by atoms with E-state index in [0.717, 1.165) is 12.5 Å². The zero-order chi connectivity index (χ0) is 9.14. The number of likely N-dealkylation sites (tertiary alicyclic amines) is 1. The summed E-state index contributed by atoms with van der Waals surface area (Å²) in [5, 5.41) is 8.78. The maximum atomic E-state index is 8.78. The van der Waals surface area contributed by atoms with Crippen LogP contribution in [-0.4, -0.2) is 23.5 Å². The van der Waals surface area contributed by atoms with Crippen molar-refractivity contribution in [1.29, 1.82) is 5.26 Å². The quantitative estimate of drug-likeness (QED) is 0.596. The Labute approximate surface area is 75.2 Å². The molecule has 12 heavy (non-hydrogen) atoms. The number of rotatable bonds is 1. The van der Waals surface area contributed by atoms with E-state index in [1.54, 1.807) is 0 Å². The first-order valence-corrected chi connectivity index (χ1v) is 4.80. The van der Waals surface area contributed by atoms with Crippen molar-refractivity contribution in [2.45, 2.75) is 45.7 Å². The minimum Gasteiger partial charge on any atom is -0.286 e. The van der Waals surface area contributed by atoms with Gasteiger partial charge in [-0.3, -0.25) is 4.90 Å². The van der Waals surface area contributed by atoms with Crippen molar-refractivity contribution in [3.63, 3.8) is 0 Å². The van der Waals surface area contributed by atoms with Crippen LogP contribution in [0, 0.1) is 17.2 Å². The van der Waals surface area contributed by atoms with Crippen molar-refractivity contribution in [3.05, 3.63) is 0 Å². The van der Waals surface area contributed by atoms with E-state index in [1.165, 1.54) is 12.8 Å². The van der Waals surface area contributed by atoms with Crippen molar-refractivity contribution in [2.24, 2.45) is 5.92 Å². The Balaban J connectivity index is 2.51. The predicted octanol–water partition coefficient (Wildman–Crippen LogP) is 2.02. The number of hydrogen-bond acceptors (Lipinski definition) is 2. The molecule has 2 heteroatoms. The first-order valence-electron chi connectivity index (χ1n) is 4.80. The molecular formula is C10H18N2. The average molecular weight is 166 g/mol. The highest BCUT2D eigenvalue weighted by Gasteiger charge is 2.25. The fourth-order valence-corrected chi connectivity index (χ4v) is 2.07. The lowest BCUT2D eigenvalue weighted by Crippen LogP contribution is -2.44. The molecule has 2 nitrogen and oxygen atoms in total. The molecule has 68 valence electrons. The van der Waals surface area contributed by atoms with Gasteiger partial charge in [-0.25, -0.2) is 0 Å². The van der Waals surface area contributed by atoms with E-state index in [4.69, 9.17) is 5.26 Å². The van der Waals surface area contributed by atoms with Crippen LogP contribution in [0.2, 0.25) is 0 Å². The maximum Gasteiger partial charge on any atom is 0.0951 e. The molecule has 0 aliphatic carbocycles. The van der Waals surface area contributed by atoms with Crippen molar-refractivity contribution in [2.75, 3.05) is 6.54 Å². The number of nitriles is 1. The molecule has 1 fully saturated rings. The van der Waals surface area contributed by atoms with E-state index in [0.29, 0.717) is 6.04 Å². The summed E-state index contributed by atoms with van der Waals surface area (Å²) < 4.78 is 0. The van der Waals surface area contributed by atoms with Crippen LogP contribution in [0.5, 0.6) is 0 Å². The highest BCUT2D eigenvalue weighted by molar-refractivity contribution is 4.92. The average Bonchev–Trinajstić information content (AvgIpc) is 2.03. The van der Waals surface area contributed by atoms with Gasteiger partial charge in [-0.05, 0) is 39.2 Å².